The fourth-order valence-electron chi connectivity index (χ4n) is 2.85. The minimum absolute atomic E-state index is 0.526. The normalized spacial score (nSPS) is 10.3. The molecular formula is C26H22O3. The van der Waals surface area contributed by atoms with Crippen LogP contribution in [0, 0.1) is 0 Å². The van der Waals surface area contributed by atoms with E-state index in [0.717, 1.165) is 34.1 Å². The lowest BCUT2D eigenvalue weighted by Gasteiger charge is -2.10. The molecule has 0 saturated heterocycles. The number of benzene rings is 4. The molecule has 3 nitrogen and oxygen atoms in total. The van der Waals surface area contributed by atoms with E-state index in [1.54, 1.807) is 0 Å². The van der Waals surface area contributed by atoms with E-state index < -0.39 is 0 Å². The average molecular weight is 382 g/mol. The third-order valence-electron chi connectivity index (χ3n) is 4.36. The first-order chi connectivity index (χ1) is 14.3. The zero-order valence-corrected chi connectivity index (χ0v) is 16.0. The summed E-state index contributed by atoms with van der Waals surface area (Å²) in [6, 6.07) is 35.5. The van der Waals surface area contributed by atoms with Gasteiger partial charge in [0.2, 0.25) is 0 Å². The van der Waals surface area contributed by atoms with Gasteiger partial charge in [-0.05, 0) is 47.5 Å². The Morgan fingerprint density at radius 3 is 1.55 bits per heavy atom. The first-order valence-electron chi connectivity index (χ1n) is 9.57. The van der Waals surface area contributed by atoms with Gasteiger partial charge in [-0.1, -0.05) is 66.7 Å². The summed E-state index contributed by atoms with van der Waals surface area (Å²) in [5.74, 6) is 3.06. The number of hydrogen-bond donors (Lipinski definition) is 0. The van der Waals surface area contributed by atoms with E-state index in [9.17, 15) is 0 Å². The van der Waals surface area contributed by atoms with Gasteiger partial charge in [0.05, 0.1) is 0 Å². The van der Waals surface area contributed by atoms with Crippen LogP contribution < -0.4 is 14.2 Å². The van der Waals surface area contributed by atoms with E-state index in [-0.39, 0.29) is 0 Å². The van der Waals surface area contributed by atoms with Crippen molar-refractivity contribution in [3.8, 4) is 23.0 Å². The van der Waals surface area contributed by atoms with E-state index in [1.807, 2.05) is 109 Å². The molecule has 0 spiro atoms. The predicted octanol–water partition coefficient (Wildman–Crippen LogP) is 6.64. The van der Waals surface area contributed by atoms with Crippen LogP contribution in [0.3, 0.4) is 0 Å². The summed E-state index contributed by atoms with van der Waals surface area (Å²) in [5.41, 5.74) is 2.27. The number of ether oxygens (including phenoxy) is 3. The first-order valence-corrected chi connectivity index (χ1v) is 9.57. The Kier molecular flexibility index (Phi) is 6.08. The van der Waals surface area contributed by atoms with Crippen LogP contribution in [-0.2, 0) is 13.2 Å². The van der Waals surface area contributed by atoms with Crippen molar-refractivity contribution in [2.75, 3.05) is 0 Å². The smallest absolute Gasteiger partial charge is 0.131 e. The zero-order chi connectivity index (χ0) is 19.7. The molecule has 144 valence electrons. The molecular weight excluding hydrogens is 360 g/mol. The lowest BCUT2D eigenvalue weighted by molar-refractivity contribution is 0.304. The Balaban J connectivity index is 1.33. The van der Waals surface area contributed by atoms with Crippen LogP contribution in [0.1, 0.15) is 11.1 Å². The Morgan fingerprint density at radius 2 is 0.931 bits per heavy atom. The van der Waals surface area contributed by atoms with Gasteiger partial charge in [-0.3, -0.25) is 0 Å². The molecule has 0 amide bonds. The molecule has 0 radical (unpaired) electrons. The predicted molar refractivity (Wildman–Crippen MR) is 115 cm³/mol. The Hall–Kier alpha value is -3.72. The lowest BCUT2D eigenvalue weighted by Crippen LogP contribution is -1.95. The zero-order valence-electron chi connectivity index (χ0n) is 16.0. The highest BCUT2D eigenvalue weighted by atomic mass is 16.5. The highest BCUT2D eigenvalue weighted by Gasteiger charge is 2.02. The highest BCUT2D eigenvalue weighted by Crippen LogP contribution is 2.27. The maximum absolute atomic E-state index is 5.95. The summed E-state index contributed by atoms with van der Waals surface area (Å²) in [6.07, 6.45) is 0. The maximum atomic E-state index is 5.95. The third-order valence-corrected chi connectivity index (χ3v) is 4.36. The van der Waals surface area contributed by atoms with E-state index in [0.29, 0.717) is 13.2 Å². The van der Waals surface area contributed by atoms with Crippen LogP contribution in [-0.4, -0.2) is 0 Å². The second kappa shape index (κ2) is 9.47. The molecule has 4 aromatic rings. The Labute approximate surface area is 171 Å². The van der Waals surface area contributed by atoms with Crippen molar-refractivity contribution in [2.24, 2.45) is 0 Å². The van der Waals surface area contributed by atoms with Crippen LogP contribution in [0.15, 0.2) is 109 Å². The lowest BCUT2D eigenvalue weighted by atomic mass is 10.2. The van der Waals surface area contributed by atoms with Crippen molar-refractivity contribution < 1.29 is 14.2 Å². The van der Waals surface area contributed by atoms with Gasteiger partial charge < -0.3 is 14.2 Å². The van der Waals surface area contributed by atoms with Gasteiger partial charge in [-0.2, -0.15) is 0 Å². The third kappa shape index (κ3) is 5.63. The van der Waals surface area contributed by atoms with Crippen molar-refractivity contribution >= 4 is 0 Å². The van der Waals surface area contributed by atoms with Gasteiger partial charge in [0.1, 0.15) is 36.2 Å². The summed E-state index contributed by atoms with van der Waals surface area (Å²) in [6.45, 7) is 1.07. The van der Waals surface area contributed by atoms with Crippen molar-refractivity contribution in [1.29, 1.82) is 0 Å². The molecule has 0 aliphatic carbocycles. The molecule has 0 N–H and O–H groups in total. The fraction of sp³-hybridized carbons (Fsp3) is 0.0769. The van der Waals surface area contributed by atoms with Crippen LogP contribution in [0.25, 0.3) is 0 Å². The van der Waals surface area contributed by atoms with Gasteiger partial charge in [0.25, 0.3) is 0 Å². The minimum atomic E-state index is 0.526. The Bertz CT molecular complexity index is 1010. The topological polar surface area (TPSA) is 27.7 Å². The maximum Gasteiger partial charge on any atom is 0.131 e. The molecule has 4 rings (SSSR count). The van der Waals surface area contributed by atoms with E-state index in [4.69, 9.17) is 14.2 Å². The minimum Gasteiger partial charge on any atom is -0.489 e. The van der Waals surface area contributed by atoms with Gasteiger partial charge in [-0.25, -0.2) is 0 Å². The van der Waals surface area contributed by atoms with Crippen molar-refractivity contribution in [2.45, 2.75) is 13.2 Å². The Morgan fingerprint density at radius 1 is 0.414 bits per heavy atom. The molecule has 0 unspecified atom stereocenters. The summed E-state index contributed by atoms with van der Waals surface area (Å²) >= 11 is 0. The second-order valence-electron chi connectivity index (χ2n) is 6.60. The van der Waals surface area contributed by atoms with Gasteiger partial charge in [-0.15, -0.1) is 0 Å². The molecule has 0 atom stereocenters. The monoisotopic (exact) mass is 382 g/mol. The number of hydrogen-bond acceptors (Lipinski definition) is 3. The van der Waals surface area contributed by atoms with Crippen molar-refractivity contribution in [1.82, 2.24) is 0 Å². The van der Waals surface area contributed by atoms with Crippen molar-refractivity contribution in [3.63, 3.8) is 0 Å². The van der Waals surface area contributed by atoms with Gasteiger partial charge in [0.15, 0.2) is 0 Å². The molecule has 0 aliphatic heterocycles. The average Bonchev–Trinajstić information content (AvgIpc) is 2.79. The van der Waals surface area contributed by atoms with Crippen LogP contribution in [0.5, 0.6) is 23.0 Å². The SMILES string of the molecule is c1ccc(COc2ccc(Oc3cccc(OCc4ccccc4)c3)cc2)cc1. The molecule has 3 heteroatoms. The van der Waals surface area contributed by atoms with Crippen LogP contribution in [0.2, 0.25) is 0 Å². The quantitative estimate of drug-likeness (QED) is 0.342. The molecule has 0 fully saturated rings. The largest absolute Gasteiger partial charge is 0.489 e. The van der Waals surface area contributed by atoms with Gasteiger partial charge >= 0.3 is 0 Å². The van der Waals surface area contributed by atoms with Gasteiger partial charge in [0, 0.05) is 6.07 Å². The summed E-state index contributed by atoms with van der Waals surface area (Å²) in [5, 5.41) is 0. The summed E-state index contributed by atoms with van der Waals surface area (Å²) in [7, 11) is 0. The molecule has 4 aromatic carbocycles. The number of rotatable bonds is 8. The molecule has 0 heterocycles. The highest BCUT2D eigenvalue weighted by molar-refractivity contribution is 5.39. The van der Waals surface area contributed by atoms with E-state index in [2.05, 4.69) is 0 Å². The standard InChI is InChI=1S/C26H22O3/c1-3-8-21(9-4-1)19-27-23-14-16-24(17-15-23)29-26-13-7-12-25(18-26)28-20-22-10-5-2-6-11-22/h1-18H,19-20H2. The summed E-state index contributed by atoms with van der Waals surface area (Å²) in [4.78, 5) is 0. The van der Waals surface area contributed by atoms with E-state index >= 15 is 0 Å². The first kappa shape index (κ1) is 18.6. The molecule has 29 heavy (non-hydrogen) atoms. The molecule has 0 aromatic heterocycles. The van der Waals surface area contributed by atoms with Crippen molar-refractivity contribution in [3.05, 3.63) is 120 Å². The fourth-order valence-corrected chi connectivity index (χ4v) is 2.85. The molecule has 0 bridgehead atoms. The van der Waals surface area contributed by atoms with Crippen LogP contribution in [0.4, 0.5) is 0 Å². The van der Waals surface area contributed by atoms with E-state index in [1.165, 1.54) is 0 Å². The van der Waals surface area contributed by atoms with Crippen LogP contribution >= 0.6 is 0 Å². The summed E-state index contributed by atoms with van der Waals surface area (Å²) < 4.78 is 17.6. The second-order valence-corrected chi connectivity index (χ2v) is 6.60. The molecule has 0 saturated carbocycles. The molecule has 0 aliphatic rings.